The fourth-order valence-corrected chi connectivity index (χ4v) is 5.10. The molecule has 1 aromatic carbocycles. The summed E-state index contributed by atoms with van der Waals surface area (Å²) < 4.78 is 78.4. The van der Waals surface area contributed by atoms with E-state index in [-0.39, 0.29) is 36.5 Å². The molecule has 5 rings (SSSR count). The van der Waals surface area contributed by atoms with Gasteiger partial charge in [-0.1, -0.05) is 6.08 Å². The van der Waals surface area contributed by atoms with Crippen LogP contribution in [-0.4, -0.2) is 78.7 Å². The van der Waals surface area contributed by atoms with Crippen molar-refractivity contribution in [2.45, 2.75) is 19.1 Å². The fourth-order valence-electron chi connectivity index (χ4n) is 5.10. The summed E-state index contributed by atoms with van der Waals surface area (Å²) >= 11 is 0. The third kappa shape index (κ3) is 6.02. The van der Waals surface area contributed by atoms with Crippen LogP contribution in [0.2, 0.25) is 0 Å². The van der Waals surface area contributed by atoms with E-state index in [1.807, 2.05) is 19.0 Å². The van der Waals surface area contributed by atoms with Crippen LogP contribution in [-0.2, 0) is 6.18 Å². The number of benzene rings is 1. The molecular formula is C28H28F5N7O3. The van der Waals surface area contributed by atoms with Gasteiger partial charge in [0.2, 0.25) is 11.4 Å². The van der Waals surface area contributed by atoms with E-state index >= 15 is 8.78 Å². The van der Waals surface area contributed by atoms with Gasteiger partial charge in [0, 0.05) is 57.1 Å². The number of carbonyl (C=O) groups is 1. The van der Waals surface area contributed by atoms with E-state index in [2.05, 4.69) is 20.2 Å². The molecule has 0 unspecified atom stereocenters. The highest BCUT2D eigenvalue weighted by Gasteiger charge is 2.37. The predicted molar refractivity (Wildman–Crippen MR) is 149 cm³/mol. The van der Waals surface area contributed by atoms with Gasteiger partial charge in [-0.25, -0.2) is 18.7 Å². The first-order chi connectivity index (χ1) is 20.4. The van der Waals surface area contributed by atoms with Crippen molar-refractivity contribution in [3.63, 3.8) is 0 Å². The molecule has 0 saturated carbocycles. The second kappa shape index (κ2) is 11.6. The van der Waals surface area contributed by atoms with Crippen molar-refractivity contribution in [1.82, 2.24) is 19.9 Å². The maximum absolute atomic E-state index is 16.2. The third-order valence-electron chi connectivity index (χ3n) is 7.61. The van der Waals surface area contributed by atoms with Gasteiger partial charge in [-0.05, 0) is 25.6 Å². The average molecular weight is 606 g/mol. The summed E-state index contributed by atoms with van der Waals surface area (Å²) in [6, 6.07) is 2.92. The normalized spacial score (nSPS) is 17.7. The zero-order valence-electron chi connectivity index (χ0n) is 23.4. The number of ether oxygens (including phenoxy) is 1. The number of hydrogen-bond donors (Lipinski definition) is 2. The summed E-state index contributed by atoms with van der Waals surface area (Å²) in [5.74, 6) is -2.58. The lowest BCUT2D eigenvalue weighted by molar-refractivity contribution is -0.138. The minimum Gasteiger partial charge on any atom is -0.481 e. The summed E-state index contributed by atoms with van der Waals surface area (Å²) in [6.45, 7) is 3.59. The van der Waals surface area contributed by atoms with Crippen molar-refractivity contribution in [1.29, 1.82) is 0 Å². The van der Waals surface area contributed by atoms with Crippen molar-refractivity contribution in [2.24, 2.45) is 0 Å². The van der Waals surface area contributed by atoms with Crippen LogP contribution in [0.15, 0.2) is 41.6 Å². The lowest BCUT2D eigenvalue weighted by Crippen LogP contribution is -2.50. The van der Waals surface area contributed by atoms with Crippen LogP contribution in [0, 0.1) is 11.6 Å². The number of H-pyrrole nitrogens is 1. The van der Waals surface area contributed by atoms with Gasteiger partial charge in [-0.2, -0.15) is 13.2 Å². The van der Waals surface area contributed by atoms with Gasteiger partial charge in [0.1, 0.15) is 12.1 Å². The number of anilines is 3. The summed E-state index contributed by atoms with van der Waals surface area (Å²) in [4.78, 5) is 40.4. The highest BCUT2D eigenvalue weighted by molar-refractivity contribution is 6.06. The molecule has 2 aromatic heterocycles. The Bertz CT molecular complexity index is 1640. The Morgan fingerprint density at radius 3 is 2.58 bits per heavy atom. The second-order valence-corrected chi connectivity index (χ2v) is 10.3. The van der Waals surface area contributed by atoms with E-state index in [0.717, 1.165) is 6.07 Å². The monoisotopic (exact) mass is 605 g/mol. The van der Waals surface area contributed by atoms with E-state index in [0.29, 0.717) is 37.5 Å². The van der Waals surface area contributed by atoms with Gasteiger partial charge in [0.05, 0.1) is 35.2 Å². The number of aromatic nitrogens is 3. The minimum atomic E-state index is -5.03. The molecule has 15 heteroatoms. The van der Waals surface area contributed by atoms with E-state index in [1.165, 1.54) is 13.4 Å². The third-order valence-corrected chi connectivity index (χ3v) is 7.61. The molecule has 0 bridgehead atoms. The lowest BCUT2D eigenvalue weighted by Gasteiger charge is -2.39. The lowest BCUT2D eigenvalue weighted by atomic mass is 10.0. The Morgan fingerprint density at radius 2 is 1.88 bits per heavy atom. The van der Waals surface area contributed by atoms with Gasteiger partial charge in [0.25, 0.3) is 5.91 Å². The maximum Gasteiger partial charge on any atom is 0.417 e. The molecule has 1 amide bonds. The molecule has 10 nitrogen and oxygen atoms in total. The van der Waals surface area contributed by atoms with Gasteiger partial charge in [-0.15, -0.1) is 0 Å². The molecule has 228 valence electrons. The van der Waals surface area contributed by atoms with Crippen LogP contribution in [0.3, 0.4) is 0 Å². The molecule has 0 aliphatic carbocycles. The Balaban J connectivity index is 1.55. The zero-order chi connectivity index (χ0) is 31.1. The van der Waals surface area contributed by atoms with E-state index in [4.69, 9.17) is 4.74 Å². The first-order valence-electron chi connectivity index (χ1n) is 13.3. The topological polar surface area (TPSA) is 107 Å². The second-order valence-electron chi connectivity index (χ2n) is 10.3. The highest BCUT2D eigenvalue weighted by atomic mass is 19.4. The van der Waals surface area contributed by atoms with Crippen LogP contribution in [0.4, 0.5) is 39.1 Å². The zero-order valence-corrected chi connectivity index (χ0v) is 23.4. The summed E-state index contributed by atoms with van der Waals surface area (Å²) in [6.07, 6.45) is -1.51. The van der Waals surface area contributed by atoms with Crippen LogP contribution in [0.1, 0.15) is 28.4 Å². The number of carbonyl (C=O) groups excluding carboxylic acids is 1. The van der Waals surface area contributed by atoms with E-state index < -0.39 is 51.7 Å². The number of methoxy groups -OCH3 is 1. The largest absolute Gasteiger partial charge is 0.481 e. The smallest absolute Gasteiger partial charge is 0.417 e. The van der Waals surface area contributed by atoms with Crippen molar-refractivity contribution in [3.05, 3.63) is 75.5 Å². The number of hydrogen-bond acceptors (Lipinski definition) is 8. The first kappa shape index (κ1) is 29.9. The van der Waals surface area contributed by atoms with Crippen molar-refractivity contribution in [2.75, 3.05) is 62.0 Å². The molecule has 4 heterocycles. The fraction of sp³-hybridized carbons (Fsp3) is 0.357. The molecular weight excluding hydrogens is 577 g/mol. The Labute approximate surface area is 242 Å². The van der Waals surface area contributed by atoms with Crippen LogP contribution < -0.4 is 25.4 Å². The molecule has 2 aliphatic rings. The number of halogens is 5. The molecule has 2 aliphatic heterocycles. The molecule has 2 N–H and O–H groups in total. The number of aromatic amines is 1. The number of amides is 1. The molecule has 1 atom stereocenters. The Kier molecular flexibility index (Phi) is 8.10. The molecule has 43 heavy (non-hydrogen) atoms. The summed E-state index contributed by atoms with van der Waals surface area (Å²) in [7, 11) is 3.36. The van der Waals surface area contributed by atoms with Crippen molar-refractivity contribution in [3.8, 4) is 5.88 Å². The van der Waals surface area contributed by atoms with Gasteiger partial charge < -0.3 is 29.7 Å². The molecule has 1 fully saturated rings. The maximum atomic E-state index is 16.2. The van der Waals surface area contributed by atoms with Crippen molar-refractivity contribution < 1.29 is 31.5 Å². The first-order valence-corrected chi connectivity index (χ1v) is 13.3. The van der Waals surface area contributed by atoms with Crippen LogP contribution >= 0.6 is 0 Å². The minimum absolute atomic E-state index is 0.00720. The number of alkyl halides is 3. The quantitative estimate of drug-likeness (QED) is 0.410. The van der Waals surface area contributed by atoms with Crippen LogP contribution in [0.5, 0.6) is 5.88 Å². The number of nitrogens with one attached hydrogen (secondary N) is 2. The van der Waals surface area contributed by atoms with E-state index in [1.54, 1.807) is 21.9 Å². The van der Waals surface area contributed by atoms with Crippen LogP contribution in [0.25, 0.3) is 5.57 Å². The van der Waals surface area contributed by atoms with Gasteiger partial charge in [-0.3, -0.25) is 9.59 Å². The Morgan fingerprint density at radius 1 is 1.12 bits per heavy atom. The molecule has 0 spiro atoms. The molecule has 0 radical (unpaired) electrons. The molecule has 3 aromatic rings. The summed E-state index contributed by atoms with van der Waals surface area (Å²) in [5.41, 5.74) is -4.15. The number of nitrogens with zero attached hydrogens (tertiary/aromatic N) is 5. The van der Waals surface area contributed by atoms with Gasteiger partial charge in [0.15, 0.2) is 11.6 Å². The average Bonchev–Trinajstić information content (AvgIpc) is 3.45. The number of rotatable bonds is 6. The molecule has 1 saturated heterocycles. The number of pyridine rings is 1. The van der Waals surface area contributed by atoms with Gasteiger partial charge >= 0.3 is 6.18 Å². The predicted octanol–water partition coefficient (Wildman–Crippen LogP) is 3.77. The number of piperazine rings is 1. The van der Waals surface area contributed by atoms with E-state index in [9.17, 15) is 22.8 Å². The highest BCUT2D eigenvalue weighted by Crippen LogP contribution is 2.38. The SMILES string of the molecule is COc1cc(N2CC=C(c3c(F)c(NC(=O)c4c[nH]c(=O)cc4C(F)(F)F)cc(N4CCN(C)[C@@H](C)C4)c3F)C2)ncn1. The Hall–Kier alpha value is -4.53. The number of likely N-dealkylation sites (N-methyl/N-ethyl adjacent to an activating group) is 1. The standard InChI is InChI=1S/C28H28F5N7O3/c1-15-12-39(7-6-38(15)2)20-9-19(37-27(42)17-11-34-22(41)8-18(17)28(31,32)33)25(29)24(26(20)30)16-4-5-40(13-16)21-10-23(43-3)36-14-35-21/h4,8-11,14-15H,5-7,12-13H2,1-3H3,(H,34,41)(H,37,42)/t15-/m0/s1. The van der Waals surface area contributed by atoms with Crippen molar-refractivity contribution >= 4 is 28.7 Å². The summed E-state index contributed by atoms with van der Waals surface area (Å²) in [5, 5.41) is 2.19.